The Bertz CT molecular complexity index is 464. The molecule has 0 radical (unpaired) electrons. The van der Waals surface area contributed by atoms with E-state index in [2.05, 4.69) is 4.98 Å². The summed E-state index contributed by atoms with van der Waals surface area (Å²) in [6.45, 7) is 2.53. The van der Waals surface area contributed by atoms with E-state index in [4.69, 9.17) is 4.74 Å². The Morgan fingerprint density at radius 2 is 2.43 bits per heavy atom. The number of hydrogen-bond acceptors (Lipinski definition) is 4. The van der Waals surface area contributed by atoms with Gasteiger partial charge in [0.2, 0.25) is 0 Å². The number of rotatable bonds is 3. The zero-order chi connectivity index (χ0) is 9.97. The molecule has 0 fully saturated rings. The Kier molecular flexibility index (Phi) is 2.45. The summed E-state index contributed by atoms with van der Waals surface area (Å²) in [7, 11) is 0. The van der Waals surface area contributed by atoms with Crippen LogP contribution in [0.2, 0.25) is 0 Å². The maximum Gasteiger partial charge on any atom is 0.178 e. The summed E-state index contributed by atoms with van der Waals surface area (Å²) in [4.78, 5) is 14.7. The fraction of sp³-hybridized carbons (Fsp3) is 0.200. The molecule has 72 valence electrons. The molecule has 1 heterocycles. The largest absolute Gasteiger partial charge is 0.492 e. The summed E-state index contributed by atoms with van der Waals surface area (Å²) in [6, 6.07) is 5.70. The smallest absolute Gasteiger partial charge is 0.178 e. The third kappa shape index (κ3) is 1.48. The highest BCUT2D eigenvalue weighted by atomic mass is 32.1. The molecular formula is C10H9NO2S. The summed E-state index contributed by atoms with van der Waals surface area (Å²) in [6.07, 6.45) is 0.764. The minimum Gasteiger partial charge on any atom is -0.492 e. The number of aromatic nitrogens is 1. The predicted octanol–water partition coefficient (Wildman–Crippen LogP) is 2.51. The number of carbonyl (C=O) groups is 1. The van der Waals surface area contributed by atoms with Gasteiger partial charge < -0.3 is 4.74 Å². The molecule has 0 N–H and O–H groups in total. The average molecular weight is 207 g/mol. The van der Waals surface area contributed by atoms with Gasteiger partial charge in [-0.3, -0.25) is 4.79 Å². The van der Waals surface area contributed by atoms with Crippen LogP contribution in [0.25, 0.3) is 10.2 Å². The van der Waals surface area contributed by atoms with E-state index in [9.17, 15) is 4.79 Å². The second-order valence-electron chi connectivity index (χ2n) is 2.71. The van der Waals surface area contributed by atoms with E-state index >= 15 is 0 Å². The Hall–Kier alpha value is -1.42. The molecule has 1 aromatic heterocycles. The molecule has 0 amide bonds. The lowest BCUT2D eigenvalue weighted by atomic mass is 10.3. The Morgan fingerprint density at radius 3 is 3.14 bits per heavy atom. The molecule has 0 unspecified atom stereocenters. The van der Waals surface area contributed by atoms with E-state index in [0.717, 1.165) is 22.3 Å². The zero-order valence-corrected chi connectivity index (χ0v) is 8.50. The molecule has 0 bridgehead atoms. The summed E-state index contributed by atoms with van der Waals surface area (Å²) in [5.74, 6) is 0.745. The second kappa shape index (κ2) is 3.75. The number of thiazole rings is 1. The second-order valence-corrected chi connectivity index (χ2v) is 3.77. The fourth-order valence-electron chi connectivity index (χ4n) is 1.26. The van der Waals surface area contributed by atoms with Crippen LogP contribution in [0.4, 0.5) is 0 Å². The molecule has 0 aliphatic carbocycles. The van der Waals surface area contributed by atoms with Crippen molar-refractivity contribution in [1.29, 1.82) is 0 Å². The summed E-state index contributed by atoms with van der Waals surface area (Å²) in [5.41, 5.74) is 0.779. The highest BCUT2D eigenvalue weighted by Crippen LogP contribution is 2.28. The van der Waals surface area contributed by atoms with E-state index in [-0.39, 0.29) is 0 Å². The number of aldehydes is 1. The SMILES string of the molecule is CCOc1cccc2sc(C=O)nc12. The standard InChI is InChI=1S/C10H9NO2S/c1-2-13-7-4-3-5-8-10(7)11-9(6-12)14-8/h3-6H,2H2,1H3. The van der Waals surface area contributed by atoms with Gasteiger partial charge in [0.25, 0.3) is 0 Å². The van der Waals surface area contributed by atoms with Gasteiger partial charge >= 0.3 is 0 Å². The van der Waals surface area contributed by atoms with Gasteiger partial charge in [-0.05, 0) is 19.1 Å². The molecule has 0 spiro atoms. The number of fused-ring (bicyclic) bond motifs is 1. The topological polar surface area (TPSA) is 39.2 Å². The summed E-state index contributed by atoms with van der Waals surface area (Å²) in [5, 5.41) is 0.493. The van der Waals surface area contributed by atoms with Crippen molar-refractivity contribution in [3.05, 3.63) is 23.2 Å². The molecular weight excluding hydrogens is 198 g/mol. The van der Waals surface area contributed by atoms with Crippen molar-refractivity contribution < 1.29 is 9.53 Å². The Balaban J connectivity index is 2.60. The lowest BCUT2D eigenvalue weighted by Crippen LogP contribution is -1.91. The van der Waals surface area contributed by atoms with Gasteiger partial charge in [-0.2, -0.15) is 0 Å². The Morgan fingerprint density at radius 1 is 1.57 bits per heavy atom. The van der Waals surface area contributed by atoms with Crippen LogP contribution in [0, 0.1) is 0 Å². The molecule has 3 nitrogen and oxygen atoms in total. The first-order valence-electron chi connectivity index (χ1n) is 4.32. The van der Waals surface area contributed by atoms with E-state index in [0.29, 0.717) is 11.6 Å². The molecule has 0 aliphatic rings. The van der Waals surface area contributed by atoms with Crippen LogP contribution in [0.3, 0.4) is 0 Å². The van der Waals surface area contributed by atoms with Crippen molar-refractivity contribution in [2.75, 3.05) is 6.61 Å². The molecule has 2 rings (SSSR count). The van der Waals surface area contributed by atoms with Crippen molar-refractivity contribution in [3.8, 4) is 5.75 Å². The van der Waals surface area contributed by atoms with Gasteiger partial charge in [0.15, 0.2) is 11.3 Å². The number of carbonyl (C=O) groups excluding carboxylic acids is 1. The van der Waals surface area contributed by atoms with Crippen molar-refractivity contribution in [2.45, 2.75) is 6.92 Å². The van der Waals surface area contributed by atoms with E-state index in [1.54, 1.807) is 0 Å². The monoisotopic (exact) mass is 207 g/mol. The van der Waals surface area contributed by atoms with Crippen LogP contribution in [-0.4, -0.2) is 17.9 Å². The van der Waals surface area contributed by atoms with Crippen LogP contribution in [0.15, 0.2) is 18.2 Å². The first-order chi connectivity index (χ1) is 6.85. The van der Waals surface area contributed by atoms with E-state index in [1.807, 2.05) is 25.1 Å². The molecule has 2 aromatic rings. The number of benzene rings is 1. The summed E-state index contributed by atoms with van der Waals surface area (Å²) >= 11 is 1.38. The van der Waals surface area contributed by atoms with Crippen molar-refractivity contribution in [1.82, 2.24) is 4.98 Å². The van der Waals surface area contributed by atoms with Crippen LogP contribution < -0.4 is 4.74 Å². The van der Waals surface area contributed by atoms with Crippen molar-refractivity contribution >= 4 is 27.8 Å². The highest BCUT2D eigenvalue weighted by Gasteiger charge is 2.07. The molecule has 0 aliphatic heterocycles. The van der Waals surface area contributed by atoms with Gasteiger partial charge in [0, 0.05) is 0 Å². The Labute approximate surface area is 85.3 Å². The minimum atomic E-state index is 0.493. The lowest BCUT2D eigenvalue weighted by Gasteiger charge is -2.01. The maximum absolute atomic E-state index is 10.6. The van der Waals surface area contributed by atoms with Gasteiger partial charge in [-0.25, -0.2) is 4.98 Å². The molecule has 14 heavy (non-hydrogen) atoms. The van der Waals surface area contributed by atoms with Crippen LogP contribution >= 0.6 is 11.3 Å². The maximum atomic E-state index is 10.6. The van der Waals surface area contributed by atoms with Crippen molar-refractivity contribution in [2.24, 2.45) is 0 Å². The molecule has 1 aromatic carbocycles. The molecule has 4 heteroatoms. The number of ether oxygens (including phenoxy) is 1. The first-order valence-corrected chi connectivity index (χ1v) is 5.14. The van der Waals surface area contributed by atoms with Gasteiger partial charge in [-0.15, -0.1) is 11.3 Å². The third-order valence-corrected chi connectivity index (χ3v) is 2.75. The third-order valence-electron chi connectivity index (χ3n) is 1.80. The molecule has 0 atom stereocenters. The van der Waals surface area contributed by atoms with Gasteiger partial charge in [0.05, 0.1) is 11.3 Å². The fourth-order valence-corrected chi connectivity index (χ4v) is 2.06. The highest BCUT2D eigenvalue weighted by molar-refractivity contribution is 7.20. The van der Waals surface area contributed by atoms with E-state index < -0.39 is 0 Å². The first kappa shape index (κ1) is 9.15. The van der Waals surface area contributed by atoms with Crippen molar-refractivity contribution in [3.63, 3.8) is 0 Å². The quantitative estimate of drug-likeness (QED) is 0.726. The van der Waals surface area contributed by atoms with Gasteiger partial charge in [0.1, 0.15) is 11.3 Å². The number of hydrogen-bond donors (Lipinski definition) is 0. The number of nitrogens with zero attached hydrogens (tertiary/aromatic N) is 1. The van der Waals surface area contributed by atoms with Crippen LogP contribution in [0.5, 0.6) is 5.75 Å². The molecule has 0 saturated carbocycles. The molecule has 0 saturated heterocycles. The zero-order valence-electron chi connectivity index (χ0n) is 7.69. The van der Waals surface area contributed by atoms with Crippen LogP contribution in [-0.2, 0) is 0 Å². The number of para-hydroxylation sites is 1. The van der Waals surface area contributed by atoms with Gasteiger partial charge in [-0.1, -0.05) is 6.07 Å². The van der Waals surface area contributed by atoms with E-state index in [1.165, 1.54) is 11.3 Å². The normalized spacial score (nSPS) is 10.4. The average Bonchev–Trinajstić information content (AvgIpc) is 2.62. The van der Waals surface area contributed by atoms with Crippen LogP contribution in [0.1, 0.15) is 16.7 Å². The lowest BCUT2D eigenvalue weighted by molar-refractivity contribution is 0.112. The predicted molar refractivity (Wildman–Crippen MR) is 56.2 cm³/mol. The summed E-state index contributed by atoms with van der Waals surface area (Å²) < 4.78 is 6.39. The minimum absolute atomic E-state index is 0.493.